The number of alkyl halides is 6. The fourth-order valence-corrected chi connectivity index (χ4v) is 4.18. The number of rotatable bonds is 8. The van der Waals surface area contributed by atoms with Crippen molar-refractivity contribution < 1.29 is 49.4 Å². The Morgan fingerprint density at radius 3 is 2.19 bits per heavy atom. The summed E-state index contributed by atoms with van der Waals surface area (Å²) in [7, 11) is 0. The normalized spacial score (nSPS) is 19.6. The maximum atomic E-state index is 14.7. The molecule has 1 saturated carbocycles. The quantitative estimate of drug-likeness (QED) is 0.259. The average Bonchev–Trinajstić information content (AvgIpc) is 2.80. The zero-order valence-corrected chi connectivity index (χ0v) is 19.2. The highest BCUT2D eigenvalue weighted by atomic mass is 19.4. The Labute approximate surface area is 202 Å². The molecule has 0 amide bonds. The van der Waals surface area contributed by atoms with E-state index < -0.39 is 41.8 Å². The second-order valence-corrected chi connectivity index (χ2v) is 8.74. The van der Waals surface area contributed by atoms with E-state index in [9.17, 15) is 39.9 Å². The van der Waals surface area contributed by atoms with E-state index in [1.807, 2.05) is 0 Å². The molecular weight excluding hydrogens is 500 g/mol. The van der Waals surface area contributed by atoms with Crippen LogP contribution in [-0.4, -0.2) is 30.5 Å². The minimum atomic E-state index is -5.93. The van der Waals surface area contributed by atoms with Gasteiger partial charge in [0, 0.05) is 5.56 Å². The summed E-state index contributed by atoms with van der Waals surface area (Å²) in [5.41, 5.74) is -0.474. The molecule has 1 unspecified atom stereocenters. The largest absolute Gasteiger partial charge is 0.459 e. The van der Waals surface area contributed by atoms with E-state index >= 15 is 0 Å². The second-order valence-electron chi connectivity index (χ2n) is 8.74. The van der Waals surface area contributed by atoms with Gasteiger partial charge in [-0.1, -0.05) is 31.9 Å². The van der Waals surface area contributed by atoms with Gasteiger partial charge in [-0.25, -0.2) is 18.0 Å². The Hall–Kier alpha value is -2.85. The molecule has 1 fully saturated rings. The van der Waals surface area contributed by atoms with Crippen LogP contribution < -0.4 is 4.74 Å². The predicted molar refractivity (Wildman–Crippen MR) is 114 cm³/mol. The minimum absolute atomic E-state index is 0.0758. The van der Waals surface area contributed by atoms with Gasteiger partial charge in [-0.15, -0.1) is 0 Å². The molecule has 0 saturated heterocycles. The molecule has 0 N–H and O–H groups in total. The lowest BCUT2D eigenvalue weighted by Gasteiger charge is -2.28. The molecule has 11 heteroatoms. The van der Waals surface area contributed by atoms with Crippen LogP contribution in [0.3, 0.4) is 0 Å². The highest BCUT2D eigenvalue weighted by Gasteiger charge is 2.59. The second kappa shape index (κ2) is 11.0. The van der Waals surface area contributed by atoms with Gasteiger partial charge in [0.25, 0.3) is 6.17 Å². The number of hydrogen-bond acceptors (Lipinski definition) is 3. The molecule has 3 rings (SSSR count). The Kier molecular flexibility index (Phi) is 8.51. The van der Waals surface area contributed by atoms with Crippen LogP contribution in [0.1, 0.15) is 55.8 Å². The van der Waals surface area contributed by atoms with Crippen LogP contribution in [-0.2, 0) is 4.74 Å². The molecule has 1 atom stereocenters. The van der Waals surface area contributed by atoms with Gasteiger partial charge in [0.05, 0.1) is 5.56 Å². The molecule has 0 heterocycles. The number of benzene rings is 2. The zero-order valence-electron chi connectivity index (χ0n) is 19.2. The molecule has 0 aromatic heterocycles. The summed E-state index contributed by atoms with van der Waals surface area (Å²) in [6.45, 7) is 2.11. The van der Waals surface area contributed by atoms with Gasteiger partial charge < -0.3 is 9.47 Å². The van der Waals surface area contributed by atoms with Crippen LogP contribution in [0.4, 0.5) is 35.1 Å². The van der Waals surface area contributed by atoms with Gasteiger partial charge in [-0.05, 0) is 61.4 Å². The smallest absolute Gasteiger partial charge is 0.439 e. The summed E-state index contributed by atoms with van der Waals surface area (Å²) in [4.78, 5) is 12.4. The molecule has 0 radical (unpaired) electrons. The van der Waals surface area contributed by atoms with Crippen molar-refractivity contribution in [3.05, 3.63) is 53.6 Å². The first-order chi connectivity index (χ1) is 16.8. The summed E-state index contributed by atoms with van der Waals surface area (Å²) in [5, 5.41) is 0. The standard InChI is InChI=1S/C25H24F8O3/c1-2-3-14-4-8-17(9-5-14)35-22(34)16-6-10-18(19(26)13-16)15-7-11-21(20(27)12-15)36-25(32,33)23(28)24(29,30)31/h6-7,10-14,17,23H,2-5,8-9H2,1H3. The van der Waals surface area contributed by atoms with Crippen molar-refractivity contribution >= 4 is 5.97 Å². The van der Waals surface area contributed by atoms with Gasteiger partial charge >= 0.3 is 18.3 Å². The van der Waals surface area contributed by atoms with Gasteiger partial charge in [-0.2, -0.15) is 22.0 Å². The number of carbonyl (C=O) groups excluding carboxylic acids is 1. The number of ether oxygens (including phenoxy) is 2. The van der Waals surface area contributed by atoms with Crippen molar-refractivity contribution in [3.8, 4) is 16.9 Å². The van der Waals surface area contributed by atoms with E-state index in [-0.39, 0.29) is 22.8 Å². The lowest BCUT2D eigenvalue weighted by atomic mass is 9.85. The third-order valence-corrected chi connectivity index (χ3v) is 6.04. The molecule has 3 nitrogen and oxygen atoms in total. The topological polar surface area (TPSA) is 35.5 Å². The summed E-state index contributed by atoms with van der Waals surface area (Å²) in [6, 6.07) is 5.25. The van der Waals surface area contributed by atoms with Crippen LogP contribution >= 0.6 is 0 Å². The van der Waals surface area contributed by atoms with Crippen molar-refractivity contribution in [1.82, 2.24) is 0 Å². The Balaban J connectivity index is 1.69. The van der Waals surface area contributed by atoms with E-state index in [4.69, 9.17) is 4.74 Å². The third-order valence-electron chi connectivity index (χ3n) is 6.04. The lowest BCUT2D eigenvalue weighted by molar-refractivity contribution is -0.305. The summed E-state index contributed by atoms with van der Waals surface area (Å²) < 4.78 is 115. The zero-order chi connectivity index (χ0) is 26.7. The fourth-order valence-electron chi connectivity index (χ4n) is 4.18. The number of halogens is 8. The van der Waals surface area contributed by atoms with E-state index in [1.165, 1.54) is 6.07 Å². The first kappa shape index (κ1) is 27.7. The van der Waals surface area contributed by atoms with Crippen molar-refractivity contribution in [2.75, 3.05) is 0 Å². The molecule has 1 aliphatic rings. The molecule has 198 valence electrons. The van der Waals surface area contributed by atoms with Crippen molar-refractivity contribution in [2.24, 2.45) is 5.92 Å². The van der Waals surface area contributed by atoms with Gasteiger partial charge in [-0.3, -0.25) is 0 Å². The Bertz CT molecular complexity index is 1060. The van der Waals surface area contributed by atoms with Gasteiger partial charge in [0.1, 0.15) is 11.9 Å². The monoisotopic (exact) mass is 524 g/mol. The fraction of sp³-hybridized carbons (Fsp3) is 0.480. The predicted octanol–water partition coefficient (Wildman–Crippen LogP) is 8.02. The minimum Gasteiger partial charge on any atom is -0.459 e. The molecule has 36 heavy (non-hydrogen) atoms. The summed E-state index contributed by atoms with van der Waals surface area (Å²) in [6.07, 6.45) is -10.7. The summed E-state index contributed by atoms with van der Waals surface area (Å²) in [5.74, 6) is -3.99. The van der Waals surface area contributed by atoms with Gasteiger partial charge in [0.2, 0.25) is 0 Å². The molecule has 0 bridgehead atoms. The maximum absolute atomic E-state index is 14.7. The molecule has 0 spiro atoms. The molecular formula is C25H24F8O3. The SMILES string of the molecule is CCCC1CCC(OC(=O)c2ccc(-c3ccc(OC(F)(F)C(F)C(F)(F)F)c(F)c3)c(F)c2)CC1. The molecule has 0 aliphatic heterocycles. The van der Waals surface area contributed by atoms with Crippen LogP contribution in [0, 0.1) is 17.6 Å². The molecule has 2 aromatic rings. The van der Waals surface area contributed by atoms with E-state index in [0.717, 1.165) is 56.7 Å². The van der Waals surface area contributed by atoms with Crippen LogP contribution in [0.25, 0.3) is 11.1 Å². The highest BCUT2D eigenvalue weighted by Crippen LogP contribution is 2.38. The first-order valence-corrected chi connectivity index (χ1v) is 11.4. The first-order valence-electron chi connectivity index (χ1n) is 11.4. The molecule has 1 aliphatic carbocycles. The Morgan fingerprint density at radius 1 is 0.972 bits per heavy atom. The number of hydrogen-bond donors (Lipinski definition) is 0. The highest BCUT2D eigenvalue weighted by molar-refractivity contribution is 5.90. The van der Waals surface area contributed by atoms with E-state index in [0.29, 0.717) is 18.1 Å². The number of carbonyl (C=O) groups is 1. The van der Waals surface area contributed by atoms with Crippen LogP contribution in [0.2, 0.25) is 0 Å². The van der Waals surface area contributed by atoms with Crippen LogP contribution in [0.5, 0.6) is 5.75 Å². The van der Waals surface area contributed by atoms with E-state index in [1.54, 1.807) is 0 Å². The maximum Gasteiger partial charge on any atom is 0.439 e. The van der Waals surface area contributed by atoms with Crippen molar-refractivity contribution in [3.63, 3.8) is 0 Å². The lowest BCUT2D eigenvalue weighted by Crippen LogP contribution is -2.45. The Morgan fingerprint density at radius 2 is 1.64 bits per heavy atom. The third kappa shape index (κ3) is 6.67. The van der Waals surface area contributed by atoms with Gasteiger partial charge in [0.15, 0.2) is 11.6 Å². The average molecular weight is 524 g/mol. The van der Waals surface area contributed by atoms with Crippen LogP contribution in [0.15, 0.2) is 36.4 Å². The summed E-state index contributed by atoms with van der Waals surface area (Å²) >= 11 is 0. The molecule has 2 aromatic carbocycles. The van der Waals surface area contributed by atoms with Crippen molar-refractivity contribution in [2.45, 2.75) is 70.0 Å². The van der Waals surface area contributed by atoms with E-state index in [2.05, 4.69) is 11.7 Å². The number of esters is 1. The van der Waals surface area contributed by atoms with Crippen molar-refractivity contribution in [1.29, 1.82) is 0 Å².